The van der Waals surface area contributed by atoms with Crippen molar-refractivity contribution >= 4 is 10.0 Å². The highest BCUT2D eigenvalue weighted by atomic mass is 32.2. The topological polar surface area (TPSA) is 101 Å². The van der Waals surface area contributed by atoms with Gasteiger partial charge in [-0.05, 0) is 24.1 Å². The smallest absolute Gasteiger partial charge is 0.240 e. The molecule has 1 heterocycles. The molecule has 2 rings (SSSR count). The van der Waals surface area contributed by atoms with E-state index in [0.717, 1.165) is 11.3 Å². The van der Waals surface area contributed by atoms with Crippen LogP contribution in [0.2, 0.25) is 0 Å². The molecule has 0 bridgehead atoms. The van der Waals surface area contributed by atoms with Crippen LogP contribution < -0.4 is 10.5 Å². The van der Waals surface area contributed by atoms with Crippen LogP contribution in [0.3, 0.4) is 0 Å². The van der Waals surface area contributed by atoms with Gasteiger partial charge in [0, 0.05) is 31.4 Å². The zero-order valence-corrected chi connectivity index (χ0v) is 12.1. The molecular weight excluding hydrogens is 276 g/mol. The lowest BCUT2D eigenvalue weighted by atomic mass is 10.1. The summed E-state index contributed by atoms with van der Waals surface area (Å²) < 4.78 is 27.1. The van der Waals surface area contributed by atoms with Gasteiger partial charge in [0.2, 0.25) is 10.0 Å². The molecule has 2 aromatic rings. The Kier molecular flexibility index (Phi) is 4.53. The number of hydrogen-bond donors (Lipinski definition) is 3. The van der Waals surface area contributed by atoms with E-state index in [1.807, 2.05) is 6.07 Å². The van der Waals surface area contributed by atoms with E-state index in [4.69, 9.17) is 5.73 Å². The van der Waals surface area contributed by atoms with Gasteiger partial charge in [0.25, 0.3) is 0 Å². The predicted molar refractivity (Wildman–Crippen MR) is 76.6 cm³/mol. The Labute approximate surface area is 118 Å². The van der Waals surface area contributed by atoms with Crippen LogP contribution in [0.5, 0.6) is 0 Å². The summed E-state index contributed by atoms with van der Waals surface area (Å²) in [5.41, 5.74) is 7.94. The van der Waals surface area contributed by atoms with Crippen LogP contribution in [-0.4, -0.2) is 24.9 Å². The molecule has 0 saturated carbocycles. The molecule has 0 unspecified atom stereocenters. The van der Waals surface area contributed by atoms with Crippen LogP contribution in [0.25, 0.3) is 0 Å². The summed E-state index contributed by atoms with van der Waals surface area (Å²) in [6.07, 6.45) is 3.81. The molecule has 20 heavy (non-hydrogen) atoms. The average Bonchev–Trinajstić information content (AvgIpc) is 2.92. The van der Waals surface area contributed by atoms with Gasteiger partial charge in [-0.15, -0.1) is 0 Å². The van der Waals surface area contributed by atoms with E-state index in [0.29, 0.717) is 25.1 Å². The number of aryl methyl sites for hydroxylation is 1. The number of aromatic amines is 1. The van der Waals surface area contributed by atoms with Gasteiger partial charge in [0.15, 0.2) is 0 Å². The fourth-order valence-corrected chi connectivity index (χ4v) is 3.20. The summed E-state index contributed by atoms with van der Waals surface area (Å²) in [7, 11) is -3.52. The number of H-pyrrole nitrogens is 1. The third kappa shape index (κ3) is 3.44. The summed E-state index contributed by atoms with van der Waals surface area (Å²) in [6, 6.07) is 5.22. The van der Waals surface area contributed by atoms with E-state index in [9.17, 15) is 8.42 Å². The molecule has 108 valence electrons. The monoisotopic (exact) mass is 294 g/mol. The molecule has 0 aliphatic heterocycles. The summed E-state index contributed by atoms with van der Waals surface area (Å²) in [5.74, 6) is 0. The number of nitrogens with one attached hydrogen (secondary N) is 2. The van der Waals surface area contributed by atoms with Gasteiger partial charge in [0.1, 0.15) is 0 Å². The number of benzene rings is 1. The first kappa shape index (κ1) is 14.7. The number of nitrogens with two attached hydrogens (primary N) is 1. The van der Waals surface area contributed by atoms with Gasteiger partial charge in [0.05, 0.1) is 11.2 Å². The lowest BCUT2D eigenvalue weighted by molar-refractivity contribution is 0.580. The van der Waals surface area contributed by atoms with Crippen molar-refractivity contribution < 1.29 is 8.42 Å². The highest BCUT2D eigenvalue weighted by Gasteiger charge is 2.16. The van der Waals surface area contributed by atoms with E-state index in [-0.39, 0.29) is 4.90 Å². The second-order valence-electron chi connectivity index (χ2n) is 4.53. The Morgan fingerprint density at radius 2 is 2.20 bits per heavy atom. The van der Waals surface area contributed by atoms with Crippen LogP contribution in [-0.2, 0) is 23.0 Å². The lowest BCUT2D eigenvalue weighted by Gasteiger charge is -2.10. The average molecular weight is 294 g/mol. The number of nitrogens with zero attached hydrogens (tertiary/aromatic N) is 1. The molecule has 0 spiro atoms. The maximum absolute atomic E-state index is 12.3. The van der Waals surface area contributed by atoms with Crippen LogP contribution in [0.15, 0.2) is 35.6 Å². The molecule has 6 nitrogen and oxygen atoms in total. The number of aromatic nitrogens is 2. The zero-order valence-electron chi connectivity index (χ0n) is 11.3. The second-order valence-corrected chi connectivity index (χ2v) is 6.26. The Morgan fingerprint density at radius 1 is 1.40 bits per heavy atom. The summed E-state index contributed by atoms with van der Waals surface area (Å²) in [5, 5.41) is 0. The molecule has 1 aromatic heterocycles. The van der Waals surface area contributed by atoms with E-state index < -0.39 is 10.0 Å². The van der Waals surface area contributed by atoms with Crippen LogP contribution in [0.4, 0.5) is 0 Å². The SMILES string of the molecule is Cc1ccc(CN)cc1S(=O)(=O)NCCc1cnc[nH]1. The zero-order chi connectivity index (χ0) is 14.6. The largest absolute Gasteiger partial charge is 0.348 e. The first-order valence-corrected chi connectivity index (χ1v) is 7.78. The van der Waals surface area contributed by atoms with Crippen molar-refractivity contribution in [1.82, 2.24) is 14.7 Å². The number of hydrogen-bond acceptors (Lipinski definition) is 4. The van der Waals surface area contributed by atoms with Gasteiger partial charge < -0.3 is 10.7 Å². The third-order valence-corrected chi connectivity index (χ3v) is 4.62. The standard InChI is InChI=1S/C13H18N4O2S/c1-10-2-3-11(7-14)6-13(10)20(18,19)17-5-4-12-8-15-9-16-12/h2-3,6,8-9,17H,4-5,7,14H2,1H3,(H,15,16). The van der Waals surface area contributed by atoms with Crippen molar-refractivity contribution in [2.75, 3.05) is 6.54 Å². The first-order chi connectivity index (χ1) is 9.53. The minimum absolute atomic E-state index is 0.282. The van der Waals surface area contributed by atoms with E-state index >= 15 is 0 Å². The molecule has 0 aliphatic rings. The van der Waals surface area contributed by atoms with Crippen molar-refractivity contribution in [3.63, 3.8) is 0 Å². The summed E-state index contributed by atoms with van der Waals surface area (Å²) in [6.45, 7) is 2.40. The predicted octanol–water partition coefficient (Wildman–Crippen LogP) is 0.698. The molecule has 0 saturated heterocycles. The maximum Gasteiger partial charge on any atom is 0.240 e. The molecule has 4 N–H and O–H groups in total. The molecule has 0 radical (unpaired) electrons. The minimum Gasteiger partial charge on any atom is -0.348 e. The van der Waals surface area contributed by atoms with Gasteiger partial charge in [-0.3, -0.25) is 0 Å². The molecule has 1 aromatic carbocycles. The highest BCUT2D eigenvalue weighted by Crippen LogP contribution is 2.16. The van der Waals surface area contributed by atoms with Crippen molar-refractivity contribution in [3.05, 3.63) is 47.5 Å². The van der Waals surface area contributed by atoms with E-state index in [1.54, 1.807) is 31.6 Å². The molecule has 0 amide bonds. The molecule has 0 fully saturated rings. The van der Waals surface area contributed by atoms with Gasteiger partial charge in [-0.25, -0.2) is 18.1 Å². The first-order valence-electron chi connectivity index (χ1n) is 6.29. The van der Waals surface area contributed by atoms with Crippen molar-refractivity contribution in [1.29, 1.82) is 0 Å². The van der Waals surface area contributed by atoms with Crippen molar-refractivity contribution in [2.24, 2.45) is 5.73 Å². The van der Waals surface area contributed by atoms with Crippen molar-refractivity contribution in [3.8, 4) is 0 Å². The Bertz CT molecular complexity index is 666. The fraction of sp³-hybridized carbons (Fsp3) is 0.308. The van der Waals surface area contributed by atoms with Crippen molar-refractivity contribution in [2.45, 2.75) is 24.8 Å². The number of rotatable bonds is 6. The number of imidazole rings is 1. The fourth-order valence-electron chi connectivity index (χ4n) is 1.88. The van der Waals surface area contributed by atoms with Gasteiger partial charge in [-0.2, -0.15) is 0 Å². The molecular formula is C13H18N4O2S. The summed E-state index contributed by atoms with van der Waals surface area (Å²) >= 11 is 0. The Balaban J connectivity index is 2.09. The lowest BCUT2D eigenvalue weighted by Crippen LogP contribution is -2.27. The quantitative estimate of drug-likeness (QED) is 0.730. The third-order valence-electron chi connectivity index (χ3n) is 3.02. The van der Waals surface area contributed by atoms with Crippen LogP contribution in [0.1, 0.15) is 16.8 Å². The molecule has 0 aliphatic carbocycles. The molecule has 7 heteroatoms. The normalized spacial score (nSPS) is 11.7. The highest BCUT2D eigenvalue weighted by molar-refractivity contribution is 7.89. The van der Waals surface area contributed by atoms with Gasteiger partial charge >= 0.3 is 0 Å². The van der Waals surface area contributed by atoms with E-state index in [2.05, 4.69) is 14.7 Å². The Morgan fingerprint density at radius 3 is 2.85 bits per heavy atom. The second kappa shape index (κ2) is 6.17. The summed E-state index contributed by atoms with van der Waals surface area (Å²) in [4.78, 5) is 7.10. The Hall–Kier alpha value is -1.70. The van der Waals surface area contributed by atoms with Crippen LogP contribution in [0, 0.1) is 6.92 Å². The van der Waals surface area contributed by atoms with Crippen LogP contribution >= 0.6 is 0 Å². The minimum atomic E-state index is -3.52. The maximum atomic E-state index is 12.3. The van der Waals surface area contributed by atoms with E-state index in [1.165, 1.54) is 0 Å². The van der Waals surface area contributed by atoms with Gasteiger partial charge in [-0.1, -0.05) is 12.1 Å². The molecule has 0 atom stereocenters. The number of sulfonamides is 1.